The molecule has 0 bridgehead atoms. The minimum atomic E-state index is -1.07. The molecule has 5 heteroatoms. The minimum absolute atomic E-state index is 0.102. The van der Waals surface area contributed by atoms with E-state index in [2.05, 4.69) is 19.2 Å². The van der Waals surface area contributed by atoms with Gasteiger partial charge in [0.2, 0.25) is 5.91 Å². The Morgan fingerprint density at radius 1 is 1.17 bits per heavy atom. The molecule has 0 aromatic heterocycles. The summed E-state index contributed by atoms with van der Waals surface area (Å²) in [4.78, 5) is 23.8. The molecule has 1 atom stereocenters. The summed E-state index contributed by atoms with van der Waals surface area (Å²) in [7, 11) is 0. The van der Waals surface area contributed by atoms with Crippen molar-refractivity contribution in [1.29, 1.82) is 0 Å². The lowest BCUT2D eigenvalue weighted by atomic mass is 9.76. The van der Waals surface area contributed by atoms with E-state index in [9.17, 15) is 19.1 Å². The summed E-state index contributed by atoms with van der Waals surface area (Å²) < 4.78 is 12.9. The first-order valence-electron chi connectivity index (χ1n) is 8.64. The number of carboxylic acids is 1. The summed E-state index contributed by atoms with van der Waals surface area (Å²) in [6, 6.07) is 4.70. The van der Waals surface area contributed by atoms with Crippen molar-refractivity contribution in [3.05, 3.63) is 35.6 Å². The molecule has 1 aromatic carbocycles. The average molecular weight is 335 g/mol. The fourth-order valence-corrected chi connectivity index (χ4v) is 3.39. The molecule has 24 heavy (non-hydrogen) atoms. The molecule has 1 amide bonds. The molecule has 1 aliphatic rings. The van der Waals surface area contributed by atoms with Gasteiger partial charge in [-0.05, 0) is 55.2 Å². The van der Waals surface area contributed by atoms with E-state index in [1.165, 1.54) is 12.1 Å². The number of carbonyl (C=O) groups is 2. The quantitative estimate of drug-likeness (QED) is 0.837. The standard InChI is InChI=1S/C19H26FNO3/c1-12(2)14-5-7-15(8-6-14)18(22)21-17(19(23)24)11-13-3-9-16(20)10-4-13/h3-4,9-10,12,14-15,17H,5-8,11H2,1-2H3,(H,21,22)(H,23,24)/t14-,15-,17?. The van der Waals surface area contributed by atoms with Crippen molar-refractivity contribution < 1.29 is 19.1 Å². The summed E-state index contributed by atoms with van der Waals surface area (Å²) in [5, 5.41) is 12.0. The highest BCUT2D eigenvalue weighted by atomic mass is 19.1. The highest BCUT2D eigenvalue weighted by Crippen LogP contribution is 2.33. The van der Waals surface area contributed by atoms with Crippen LogP contribution in [0.3, 0.4) is 0 Å². The summed E-state index contributed by atoms with van der Waals surface area (Å²) in [6.07, 6.45) is 3.83. The van der Waals surface area contributed by atoms with Gasteiger partial charge in [-0.3, -0.25) is 4.79 Å². The summed E-state index contributed by atoms with van der Waals surface area (Å²) in [5.74, 6) is -0.426. The molecular weight excluding hydrogens is 309 g/mol. The molecule has 1 unspecified atom stereocenters. The zero-order valence-electron chi connectivity index (χ0n) is 14.3. The topological polar surface area (TPSA) is 66.4 Å². The first kappa shape index (κ1) is 18.4. The Balaban J connectivity index is 1.92. The average Bonchev–Trinajstić information content (AvgIpc) is 2.56. The Labute approximate surface area is 142 Å². The third-order valence-electron chi connectivity index (χ3n) is 5.05. The molecule has 1 saturated carbocycles. The van der Waals surface area contributed by atoms with Crippen molar-refractivity contribution in [1.82, 2.24) is 5.32 Å². The molecule has 0 spiro atoms. The van der Waals surface area contributed by atoms with Crippen LogP contribution in [0.25, 0.3) is 0 Å². The van der Waals surface area contributed by atoms with Gasteiger partial charge in [-0.2, -0.15) is 0 Å². The van der Waals surface area contributed by atoms with Crippen molar-refractivity contribution in [3.8, 4) is 0 Å². The Bertz CT molecular complexity index is 562. The first-order valence-corrected chi connectivity index (χ1v) is 8.64. The van der Waals surface area contributed by atoms with Crippen LogP contribution in [0.15, 0.2) is 24.3 Å². The molecule has 132 valence electrons. The number of carbonyl (C=O) groups excluding carboxylic acids is 1. The number of benzene rings is 1. The number of hydrogen-bond donors (Lipinski definition) is 2. The maximum atomic E-state index is 12.9. The third kappa shape index (κ3) is 5.05. The number of nitrogens with one attached hydrogen (secondary N) is 1. The van der Waals surface area contributed by atoms with Crippen LogP contribution in [0.2, 0.25) is 0 Å². The third-order valence-corrected chi connectivity index (χ3v) is 5.05. The second-order valence-electron chi connectivity index (χ2n) is 7.09. The zero-order valence-corrected chi connectivity index (χ0v) is 14.3. The summed E-state index contributed by atoms with van der Waals surface area (Å²) in [6.45, 7) is 4.41. The zero-order chi connectivity index (χ0) is 17.7. The Kier molecular flexibility index (Phi) is 6.35. The molecule has 2 rings (SSSR count). The molecule has 1 fully saturated rings. The molecule has 0 saturated heterocycles. The minimum Gasteiger partial charge on any atom is -0.480 e. The van der Waals surface area contributed by atoms with Crippen LogP contribution in [0.4, 0.5) is 4.39 Å². The smallest absolute Gasteiger partial charge is 0.326 e. The maximum absolute atomic E-state index is 12.9. The molecule has 2 N–H and O–H groups in total. The van der Waals surface area contributed by atoms with E-state index in [0.717, 1.165) is 25.7 Å². The molecule has 1 aromatic rings. The van der Waals surface area contributed by atoms with Crippen LogP contribution >= 0.6 is 0 Å². The van der Waals surface area contributed by atoms with Crippen LogP contribution in [-0.2, 0) is 16.0 Å². The van der Waals surface area contributed by atoms with E-state index < -0.39 is 12.0 Å². The number of halogens is 1. The van der Waals surface area contributed by atoms with Gasteiger partial charge in [-0.15, -0.1) is 0 Å². The van der Waals surface area contributed by atoms with Gasteiger partial charge < -0.3 is 10.4 Å². The van der Waals surface area contributed by atoms with E-state index in [0.29, 0.717) is 17.4 Å². The lowest BCUT2D eigenvalue weighted by Gasteiger charge is -2.30. The van der Waals surface area contributed by atoms with Crippen LogP contribution in [-0.4, -0.2) is 23.0 Å². The van der Waals surface area contributed by atoms with Crippen LogP contribution in [0, 0.1) is 23.6 Å². The number of aliphatic carboxylic acids is 1. The van der Waals surface area contributed by atoms with Gasteiger partial charge >= 0.3 is 5.97 Å². The highest BCUT2D eigenvalue weighted by Gasteiger charge is 2.30. The number of amides is 1. The van der Waals surface area contributed by atoms with Gasteiger partial charge in [0.15, 0.2) is 0 Å². The van der Waals surface area contributed by atoms with Gasteiger partial charge in [0, 0.05) is 12.3 Å². The van der Waals surface area contributed by atoms with Crippen molar-refractivity contribution in [2.45, 2.75) is 52.0 Å². The lowest BCUT2D eigenvalue weighted by molar-refractivity contribution is -0.142. The maximum Gasteiger partial charge on any atom is 0.326 e. The van der Waals surface area contributed by atoms with Gasteiger partial charge in [0.25, 0.3) is 0 Å². The van der Waals surface area contributed by atoms with E-state index in [4.69, 9.17) is 0 Å². The van der Waals surface area contributed by atoms with Gasteiger partial charge in [0.05, 0.1) is 0 Å². The van der Waals surface area contributed by atoms with Crippen molar-refractivity contribution in [2.75, 3.05) is 0 Å². The van der Waals surface area contributed by atoms with Crippen LogP contribution < -0.4 is 5.32 Å². The molecular formula is C19H26FNO3. The fourth-order valence-electron chi connectivity index (χ4n) is 3.39. The van der Waals surface area contributed by atoms with Crippen LogP contribution in [0.1, 0.15) is 45.1 Å². The van der Waals surface area contributed by atoms with Gasteiger partial charge in [-0.1, -0.05) is 26.0 Å². The number of hydrogen-bond acceptors (Lipinski definition) is 2. The molecule has 0 heterocycles. The molecule has 1 aliphatic carbocycles. The fraction of sp³-hybridized carbons (Fsp3) is 0.579. The van der Waals surface area contributed by atoms with E-state index in [-0.39, 0.29) is 24.1 Å². The molecule has 0 aliphatic heterocycles. The molecule has 4 nitrogen and oxygen atoms in total. The Morgan fingerprint density at radius 2 is 1.75 bits per heavy atom. The Morgan fingerprint density at radius 3 is 2.25 bits per heavy atom. The predicted molar refractivity (Wildman–Crippen MR) is 90.0 cm³/mol. The number of carboxylic acid groups (broad SMARTS) is 1. The van der Waals surface area contributed by atoms with Gasteiger partial charge in [-0.25, -0.2) is 9.18 Å². The van der Waals surface area contributed by atoms with E-state index in [1.54, 1.807) is 12.1 Å². The predicted octanol–water partition coefficient (Wildman–Crippen LogP) is 3.40. The van der Waals surface area contributed by atoms with E-state index in [1.807, 2.05) is 0 Å². The first-order chi connectivity index (χ1) is 11.4. The second-order valence-corrected chi connectivity index (χ2v) is 7.09. The van der Waals surface area contributed by atoms with Crippen molar-refractivity contribution in [3.63, 3.8) is 0 Å². The Hall–Kier alpha value is -1.91. The molecule has 0 radical (unpaired) electrons. The summed E-state index contributed by atoms with van der Waals surface area (Å²) >= 11 is 0. The lowest BCUT2D eigenvalue weighted by Crippen LogP contribution is -2.45. The van der Waals surface area contributed by atoms with Gasteiger partial charge in [0.1, 0.15) is 11.9 Å². The SMILES string of the molecule is CC(C)[C@H]1CC[C@H](C(=O)NC(Cc2ccc(F)cc2)C(=O)O)CC1. The monoisotopic (exact) mass is 335 g/mol. The number of rotatable bonds is 6. The highest BCUT2D eigenvalue weighted by molar-refractivity contribution is 5.85. The van der Waals surface area contributed by atoms with E-state index >= 15 is 0 Å². The normalized spacial score (nSPS) is 22.2. The largest absolute Gasteiger partial charge is 0.480 e. The van der Waals surface area contributed by atoms with Crippen molar-refractivity contribution in [2.24, 2.45) is 17.8 Å². The summed E-state index contributed by atoms with van der Waals surface area (Å²) in [5.41, 5.74) is 0.688. The van der Waals surface area contributed by atoms with Crippen molar-refractivity contribution >= 4 is 11.9 Å². The van der Waals surface area contributed by atoms with Crippen LogP contribution in [0.5, 0.6) is 0 Å². The second kappa shape index (κ2) is 8.27.